The second-order valence-corrected chi connectivity index (χ2v) is 6.52. The van der Waals surface area contributed by atoms with Crippen LogP contribution >= 0.6 is 23.4 Å². The first-order valence-electron chi connectivity index (χ1n) is 7.16. The molecule has 2 rings (SSSR count). The summed E-state index contributed by atoms with van der Waals surface area (Å²) in [7, 11) is 0. The number of nitrogens with zero attached hydrogens (tertiary/aromatic N) is 1. The summed E-state index contributed by atoms with van der Waals surface area (Å²) in [6.07, 6.45) is 2.16. The lowest BCUT2D eigenvalue weighted by atomic mass is 10.2. The summed E-state index contributed by atoms with van der Waals surface area (Å²) in [5.74, 6) is -0.365. The predicted molar refractivity (Wildman–Crippen MR) is 91.4 cm³/mol. The Kier molecular flexibility index (Phi) is 6.27. The van der Waals surface area contributed by atoms with E-state index < -0.39 is 5.25 Å². The molecule has 0 bridgehead atoms. The summed E-state index contributed by atoms with van der Waals surface area (Å²) < 4.78 is 0. The molecule has 1 aromatic rings. The van der Waals surface area contributed by atoms with Crippen molar-refractivity contribution in [2.45, 2.75) is 31.4 Å². The number of nitrogens with one attached hydrogen (secondary N) is 2. The molecule has 1 aliphatic heterocycles. The fourth-order valence-corrected chi connectivity index (χ4v) is 2.99. The van der Waals surface area contributed by atoms with Crippen molar-refractivity contribution in [2.24, 2.45) is 4.99 Å². The first kappa shape index (κ1) is 16.8. The minimum Gasteiger partial charge on any atom is -0.326 e. The summed E-state index contributed by atoms with van der Waals surface area (Å²) in [5.41, 5.74) is 0.662. The maximum atomic E-state index is 12.0. The quantitative estimate of drug-likeness (QED) is 0.782. The number of halogens is 1. The third kappa shape index (κ3) is 5.03. The summed E-state index contributed by atoms with van der Waals surface area (Å²) in [6, 6.07) is 6.85. The Balaban J connectivity index is 1.85. The van der Waals surface area contributed by atoms with E-state index in [0.29, 0.717) is 22.4 Å². The number of hydrogen-bond acceptors (Lipinski definition) is 4. The number of aliphatic imine (C=N–C) groups is 1. The van der Waals surface area contributed by atoms with Gasteiger partial charge in [-0.2, -0.15) is 0 Å². The van der Waals surface area contributed by atoms with Crippen LogP contribution in [0.5, 0.6) is 0 Å². The van der Waals surface area contributed by atoms with Crippen molar-refractivity contribution in [1.82, 2.24) is 5.32 Å². The lowest BCUT2D eigenvalue weighted by molar-refractivity contribution is -0.122. The zero-order valence-corrected chi connectivity index (χ0v) is 13.8. The van der Waals surface area contributed by atoms with Gasteiger partial charge in [0, 0.05) is 23.7 Å². The Hall–Kier alpha value is -1.53. The average molecular weight is 340 g/mol. The Morgan fingerprint density at radius 1 is 1.41 bits per heavy atom. The molecule has 0 saturated carbocycles. The average Bonchev–Trinajstić information content (AvgIpc) is 2.82. The van der Waals surface area contributed by atoms with Crippen molar-refractivity contribution in [3.05, 3.63) is 29.3 Å². The standard InChI is InChI=1S/C15H18ClN3O2S/c1-2-3-8-17-15-19-14(21)12(22-15)9-13(20)18-11-6-4-10(16)5-7-11/h4-7,12H,2-3,8-9H2,1H3,(H,18,20)(H,17,19,21). The lowest BCUT2D eigenvalue weighted by Gasteiger charge is -2.07. The van der Waals surface area contributed by atoms with Gasteiger partial charge < -0.3 is 10.6 Å². The fourth-order valence-electron chi connectivity index (χ4n) is 1.87. The van der Waals surface area contributed by atoms with Gasteiger partial charge in [-0.1, -0.05) is 36.7 Å². The Morgan fingerprint density at radius 3 is 2.82 bits per heavy atom. The van der Waals surface area contributed by atoms with E-state index in [9.17, 15) is 9.59 Å². The highest BCUT2D eigenvalue weighted by Crippen LogP contribution is 2.23. The molecule has 2 N–H and O–H groups in total. The molecule has 1 fully saturated rings. The van der Waals surface area contributed by atoms with E-state index >= 15 is 0 Å². The summed E-state index contributed by atoms with van der Waals surface area (Å²) in [6.45, 7) is 2.78. The monoisotopic (exact) mass is 339 g/mol. The number of thioether (sulfide) groups is 1. The van der Waals surface area contributed by atoms with Crippen LogP contribution in [-0.2, 0) is 9.59 Å². The number of amides is 2. The zero-order valence-electron chi connectivity index (χ0n) is 12.3. The van der Waals surface area contributed by atoms with Gasteiger partial charge in [0.15, 0.2) is 5.17 Å². The van der Waals surface area contributed by atoms with Crippen molar-refractivity contribution < 1.29 is 9.59 Å². The van der Waals surface area contributed by atoms with Crippen LogP contribution in [0.3, 0.4) is 0 Å². The van der Waals surface area contributed by atoms with Gasteiger partial charge in [0.2, 0.25) is 11.8 Å². The molecule has 1 saturated heterocycles. The largest absolute Gasteiger partial charge is 0.326 e. The van der Waals surface area contributed by atoms with Gasteiger partial charge >= 0.3 is 0 Å². The number of rotatable bonds is 6. The van der Waals surface area contributed by atoms with E-state index in [1.807, 2.05) is 0 Å². The van der Waals surface area contributed by atoms with E-state index in [4.69, 9.17) is 11.6 Å². The number of amidine groups is 1. The number of carbonyl (C=O) groups excluding carboxylic acids is 2. The van der Waals surface area contributed by atoms with Crippen LogP contribution < -0.4 is 10.6 Å². The van der Waals surface area contributed by atoms with Crippen LogP contribution in [0.15, 0.2) is 29.3 Å². The number of benzene rings is 1. The highest BCUT2D eigenvalue weighted by atomic mass is 35.5. The molecule has 118 valence electrons. The highest BCUT2D eigenvalue weighted by molar-refractivity contribution is 8.15. The molecule has 5 nitrogen and oxygen atoms in total. The second kappa shape index (κ2) is 8.19. The summed E-state index contributed by atoms with van der Waals surface area (Å²) in [4.78, 5) is 28.1. The van der Waals surface area contributed by atoms with Crippen LogP contribution in [0.2, 0.25) is 5.02 Å². The van der Waals surface area contributed by atoms with Crippen LogP contribution in [-0.4, -0.2) is 28.8 Å². The molecule has 7 heteroatoms. The third-order valence-corrected chi connectivity index (χ3v) is 4.41. The van der Waals surface area contributed by atoms with E-state index in [1.165, 1.54) is 11.8 Å². The molecular weight excluding hydrogens is 322 g/mol. The molecular formula is C15H18ClN3O2S. The molecule has 1 atom stereocenters. The van der Waals surface area contributed by atoms with Gasteiger partial charge in [0.05, 0.1) is 0 Å². The fraction of sp³-hybridized carbons (Fsp3) is 0.400. The van der Waals surface area contributed by atoms with Gasteiger partial charge in [-0.05, 0) is 30.7 Å². The molecule has 0 aromatic heterocycles. The lowest BCUT2D eigenvalue weighted by Crippen LogP contribution is -2.28. The first-order valence-corrected chi connectivity index (χ1v) is 8.41. The molecule has 1 unspecified atom stereocenters. The third-order valence-electron chi connectivity index (χ3n) is 3.04. The molecule has 1 aliphatic rings. The molecule has 0 spiro atoms. The van der Waals surface area contributed by atoms with Crippen molar-refractivity contribution in [3.8, 4) is 0 Å². The number of anilines is 1. The highest BCUT2D eigenvalue weighted by Gasteiger charge is 2.31. The zero-order chi connectivity index (χ0) is 15.9. The number of hydrogen-bond donors (Lipinski definition) is 2. The van der Waals surface area contributed by atoms with Crippen LogP contribution in [0.1, 0.15) is 26.2 Å². The van der Waals surface area contributed by atoms with E-state index in [0.717, 1.165) is 12.8 Å². The number of unbranched alkanes of at least 4 members (excludes halogenated alkanes) is 1. The maximum absolute atomic E-state index is 12.0. The van der Waals surface area contributed by atoms with Crippen molar-refractivity contribution >= 4 is 46.0 Å². The first-order chi connectivity index (χ1) is 10.6. The SMILES string of the molecule is CCCCN=C1NC(=O)C(CC(=O)Nc2ccc(Cl)cc2)S1. The normalized spacial score (nSPS) is 19.3. The van der Waals surface area contributed by atoms with Gasteiger partial charge in [-0.25, -0.2) is 0 Å². The minimum atomic E-state index is -0.423. The van der Waals surface area contributed by atoms with E-state index in [1.54, 1.807) is 24.3 Å². The summed E-state index contributed by atoms with van der Waals surface area (Å²) >= 11 is 7.11. The van der Waals surface area contributed by atoms with Crippen LogP contribution in [0.4, 0.5) is 5.69 Å². The van der Waals surface area contributed by atoms with Crippen LogP contribution in [0.25, 0.3) is 0 Å². The molecule has 1 heterocycles. The molecule has 1 aromatic carbocycles. The molecule has 2 amide bonds. The van der Waals surface area contributed by atoms with Crippen molar-refractivity contribution in [3.63, 3.8) is 0 Å². The predicted octanol–water partition coefficient (Wildman–Crippen LogP) is 3.06. The topological polar surface area (TPSA) is 70.6 Å². The van der Waals surface area contributed by atoms with E-state index in [2.05, 4.69) is 22.5 Å². The Morgan fingerprint density at radius 2 is 2.14 bits per heavy atom. The van der Waals surface area contributed by atoms with Crippen LogP contribution in [0, 0.1) is 0 Å². The van der Waals surface area contributed by atoms with Gasteiger partial charge in [-0.15, -0.1) is 0 Å². The minimum absolute atomic E-state index is 0.117. The van der Waals surface area contributed by atoms with Gasteiger partial charge in [-0.3, -0.25) is 14.6 Å². The smallest absolute Gasteiger partial charge is 0.240 e. The van der Waals surface area contributed by atoms with E-state index in [-0.39, 0.29) is 18.2 Å². The Bertz CT molecular complexity index is 575. The molecule has 0 aliphatic carbocycles. The van der Waals surface area contributed by atoms with Crippen molar-refractivity contribution in [2.75, 3.05) is 11.9 Å². The second-order valence-electron chi connectivity index (χ2n) is 4.90. The number of carbonyl (C=O) groups is 2. The molecule has 22 heavy (non-hydrogen) atoms. The molecule has 0 radical (unpaired) electrons. The van der Waals surface area contributed by atoms with Crippen molar-refractivity contribution in [1.29, 1.82) is 0 Å². The maximum Gasteiger partial charge on any atom is 0.240 e. The van der Waals surface area contributed by atoms with Gasteiger partial charge in [0.1, 0.15) is 5.25 Å². The van der Waals surface area contributed by atoms with Gasteiger partial charge in [0.25, 0.3) is 0 Å². The summed E-state index contributed by atoms with van der Waals surface area (Å²) in [5, 5.41) is 6.27. The Labute approximate surface area is 138 Å².